The third kappa shape index (κ3) is 1.92. The minimum Gasteiger partial charge on any atom is -0.341 e. The molecule has 0 aliphatic heterocycles. The molecule has 1 heterocycles. The minimum absolute atomic E-state index is 0.979. The molecular weight excluding hydrogens is 362 g/mol. The molecule has 1 aromatic heterocycles. The molecule has 1 nitrogen and oxygen atoms in total. The van der Waals surface area contributed by atoms with Gasteiger partial charge < -0.3 is 4.57 Å². The Balaban J connectivity index is 1.67. The number of nitrogens with zero attached hydrogens (tertiary/aromatic N) is 1. The first kappa shape index (κ1) is 16.2. The Morgan fingerprint density at radius 3 is 2.03 bits per heavy atom. The van der Waals surface area contributed by atoms with Crippen molar-refractivity contribution in [2.24, 2.45) is 0 Å². The fourth-order valence-corrected chi connectivity index (χ4v) is 5.75. The van der Waals surface area contributed by atoms with Gasteiger partial charge in [0.1, 0.15) is 0 Å². The standard InChI is InChI=1S/C29H21N/c1-2-30-26-15-12-19-8-4-6-10-21(19)28(26)29-25-17-24-20-9-5-3-7-18(20)11-13-22(24)23(25)14-16-27(29)30/h3-16H,2,17H2,1H3. The Morgan fingerprint density at radius 1 is 0.600 bits per heavy atom. The number of hydrogen-bond acceptors (Lipinski definition) is 0. The van der Waals surface area contributed by atoms with Crippen molar-refractivity contribution in [1.29, 1.82) is 0 Å². The van der Waals surface area contributed by atoms with Gasteiger partial charge in [0.05, 0.1) is 0 Å². The summed E-state index contributed by atoms with van der Waals surface area (Å²) < 4.78 is 2.48. The third-order valence-corrected chi connectivity index (χ3v) is 7.03. The van der Waals surface area contributed by atoms with E-state index in [0.29, 0.717) is 0 Å². The van der Waals surface area contributed by atoms with Crippen molar-refractivity contribution >= 4 is 43.4 Å². The monoisotopic (exact) mass is 383 g/mol. The van der Waals surface area contributed by atoms with Crippen LogP contribution in [-0.2, 0) is 13.0 Å². The summed E-state index contributed by atoms with van der Waals surface area (Å²) in [6.07, 6.45) is 1.01. The first-order valence-corrected chi connectivity index (χ1v) is 10.8. The van der Waals surface area contributed by atoms with E-state index in [1.807, 2.05) is 0 Å². The first-order valence-electron chi connectivity index (χ1n) is 10.8. The lowest BCUT2D eigenvalue weighted by atomic mass is 9.98. The predicted octanol–water partition coefficient (Wildman–Crippen LogP) is 7.69. The summed E-state index contributed by atoms with van der Waals surface area (Å²) in [5, 5.41) is 8.27. The van der Waals surface area contributed by atoms with Gasteiger partial charge >= 0.3 is 0 Å². The van der Waals surface area contributed by atoms with Crippen molar-refractivity contribution in [2.75, 3.05) is 0 Å². The lowest BCUT2D eigenvalue weighted by Gasteiger charge is -2.06. The van der Waals surface area contributed by atoms with Gasteiger partial charge in [0.15, 0.2) is 0 Å². The van der Waals surface area contributed by atoms with Crippen LogP contribution in [0, 0.1) is 0 Å². The third-order valence-electron chi connectivity index (χ3n) is 7.03. The molecule has 1 heteroatoms. The van der Waals surface area contributed by atoms with Gasteiger partial charge in [0, 0.05) is 28.4 Å². The normalized spacial score (nSPS) is 12.8. The van der Waals surface area contributed by atoms with Gasteiger partial charge in [-0.1, -0.05) is 72.8 Å². The second kappa shape index (κ2) is 5.73. The molecule has 1 aliphatic rings. The van der Waals surface area contributed by atoms with Crippen molar-refractivity contribution in [3.8, 4) is 11.1 Å². The topological polar surface area (TPSA) is 4.93 Å². The van der Waals surface area contributed by atoms with Gasteiger partial charge in [-0.2, -0.15) is 0 Å². The molecule has 0 amide bonds. The summed E-state index contributed by atoms with van der Waals surface area (Å²) in [6.45, 7) is 3.23. The highest BCUT2D eigenvalue weighted by Crippen LogP contribution is 2.46. The summed E-state index contributed by atoms with van der Waals surface area (Å²) in [7, 11) is 0. The zero-order valence-electron chi connectivity index (χ0n) is 16.9. The molecule has 0 radical (unpaired) electrons. The molecule has 0 unspecified atom stereocenters. The molecule has 0 bridgehead atoms. The summed E-state index contributed by atoms with van der Waals surface area (Å²) in [5.74, 6) is 0. The van der Waals surface area contributed by atoms with E-state index in [4.69, 9.17) is 0 Å². The Kier molecular flexibility index (Phi) is 3.10. The molecule has 0 N–H and O–H groups in total. The zero-order valence-corrected chi connectivity index (χ0v) is 16.9. The fraction of sp³-hybridized carbons (Fsp3) is 0.103. The highest BCUT2D eigenvalue weighted by molar-refractivity contribution is 6.23. The van der Waals surface area contributed by atoms with E-state index in [9.17, 15) is 0 Å². The molecule has 30 heavy (non-hydrogen) atoms. The maximum absolute atomic E-state index is 2.48. The highest BCUT2D eigenvalue weighted by Gasteiger charge is 2.25. The van der Waals surface area contributed by atoms with Crippen LogP contribution in [0.25, 0.3) is 54.5 Å². The van der Waals surface area contributed by atoms with Crippen LogP contribution in [-0.4, -0.2) is 4.57 Å². The van der Waals surface area contributed by atoms with Crippen LogP contribution in [0.3, 0.4) is 0 Å². The number of fused-ring (bicyclic) bond motifs is 11. The van der Waals surface area contributed by atoms with Crippen molar-refractivity contribution in [3.05, 3.63) is 96.1 Å². The van der Waals surface area contributed by atoms with Gasteiger partial charge in [-0.05, 0) is 69.3 Å². The van der Waals surface area contributed by atoms with Crippen molar-refractivity contribution in [2.45, 2.75) is 19.9 Å². The van der Waals surface area contributed by atoms with Crippen LogP contribution >= 0.6 is 0 Å². The van der Waals surface area contributed by atoms with Crippen LogP contribution in [0.4, 0.5) is 0 Å². The summed E-state index contributed by atoms with van der Waals surface area (Å²) in [6, 6.07) is 31.5. The maximum Gasteiger partial charge on any atom is 0.0497 e. The second-order valence-electron chi connectivity index (χ2n) is 8.40. The molecule has 0 saturated carbocycles. The molecule has 6 aromatic rings. The molecule has 0 spiro atoms. The number of aromatic nitrogens is 1. The molecule has 1 aliphatic carbocycles. The van der Waals surface area contributed by atoms with Gasteiger partial charge in [-0.3, -0.25) is 0 Å². The largest absolute Gasteiger partial charge is 0.341 e. The van der Waals surface area contributed by atoms with Crippen LogP contribution < -0.4 is 0 Å². The number of rotatable bonds is 1. The van der Waals surface area contributed by atoms with Crippen LogP contribution in [0.2, 0.25) is 0 Å². The molecule has 7 rings (SSSR count). The van der Waals surface area contributed by atoms with Crippen LogP contribution in [0.5, 0.6) is 0 Å². The molecule has 5 aromatic carbocycles. The second-order valence-corrected chi connectivity index (χ2v) is 8.40. The number of aryl methyl sites for hydroxylation is 1. The maximum atomic E-state index is 2.48. The molecular formula is C29H21N. The van der Waals surface area contributed by atoms with Gasteiger partial charge in [-0.25, -0.2) is 0 Å². The Morgan fingerprint density at radius 2 is 1.20 bits per heavy atom. The molecule has 142 valence electrons. The molecule has 0 saturated heterocycles. The lowest BCUT2D eigenvalue weighted by molar-refractivity contribution is 0.827. The molecule has 0 fully saturated rings. The van der Waals surface area contributed by atoms with Crippen molar-refractivity contribution in [1.82, 2.24) is 4.57 Å². The average molecular weight is 383 g/mol. The van der Waals surface area contributed by atoms with E-state index in [2.05, 4.69) is 96.4 Å². The Hall–Kier alpha value is -3.58. The van der Waals surface area contributed by atoms with E-state index in [-0.39, 0.29) is 0 Å². The molecule has 0 atom stereocenters. The van der Waals surface area contributed by atoms with Crippen molar-refractivity contribution in [3.63, 3.8) is 0 Å². The van der Waals surface area contributed by atoms with E-state index in [0.717, 1.165) is 13.0 Å². The fourth-order valence-electron chi connectivity index (χ4n) is 5.75. The van der Waals surface area contributed by atoms with E-state index in [1.54, 1.807) is 0 Å². The minimum atomic E-state index is 0.979. The number of hydrogen-bond donors (Lipinski definition) is 0. The first-order chi connectivity index (χ1) is 14.8. The quantitative estimate of drug-likeness (QED) is 0.274. The summed E-state index contributed by atoms with van der Waals surface area (Å²) in [5.41, 5.74) is 8.50. The van der Waals surface area contributed by atoms with Gasteiger partial charge in [0.2, 0.25) is 0 Å². The van der Waals surface area contributed by atoms with Crippen molar-refractivity contribution < 1.29 is 0 Å². The van der Waals surface area contributed by atoms with E-state index >= 15 is 0 Å². The SMILES string of the molecule is CCn1c2ccc3c(c2c2c4ccccc4ccc21)Cc1c-3ccc2ccccc12. The van der Waals surface area contributed by atoms with Gasteiger partial charge in [0.25, 0.3) is 0 Å². The van der Waals surface area contributed by atoms with E-state index in [1.165, 1.54) is 65.6 Å². The number of benzene rings is 5. The lowest BCUT2D eigenvalue weighted by Crippen LogP contribution is -1.93. The summed E-state index contributed by atoms with van der Waals surface area (Å²) >= 11 is 0. The zero-order chi connectivity index (χ0) is 19.8. The Bertz CT molecular complexity index is 1650. The van der Waals surface area contributed by atoms with Crippen LogP contribution in [0.15, 0.2) is 84.9 Å². The van der Waals surface area contributed by atoms with Gasteiger partial charge in [-0.15, -0.1) is 0 Å². The van der Waals surface area contributed by atoms with E-state index < -0.39 is 0 Å². The van der Waals surface area contributed by atoms with Crippen LogP contribution in [0.1, 0.15) is 18.1 Å². The highest BCUT2D eigenvalue weighted by atomic mass is 15.0. The summed E-state index contributed by atoms with van der Waals surface area (Å²) in [4.78, 5) is 0. The Labute approximate surface area is 175 Å². The average Bonchev–Trinajstić information content (AvgIpc) is 3.34. The predicted molar refractivity (Wildman–Crippen MR) is 128 cm³/mol. The smallest absolute Gasteiger partial charge is 0.0497 e.